The SMILES string of the molecule is Nc1ccc(Cl)c(-c2nnnn2-c2ccc(Cl)cc2Br)c1. The van der Waals surface area contributed by atoms with Crippen LogP contribution in [0.4, 0.5) is 5.69 Å². The molecule has 0 spiro atoms. The quantitative estimate of drug-likeness (QED) is 0.678. The lowest BCUT2D eigenvalue weighted by Crippen LogP contribution is -2.01. The zero-order valence-electron chi connectivity index (χ0n) is 10.5. The van der Waals surface area contributed by atoms with Crippen molar-refractivity contribution in [2.24, 2.45) is 0 Å². The summed E-state index contributed by atoms with van der Waals surface area (Å²) < 4.78 is 2.34. The van der Waals surface area contributed by atoms with Gasteiger partial charge in [0.2, 0.25) is 0 Å². The third-order valence-electron chi connectivity index (χ3n) is 2.84. The van der Waals surface area contributed by atoms with Crippen LogP contribution in [0.15, 0.2) is 40.9 Å². The van der Waals surface area contributed by atoms with E-state index in [2.05, 4.69) is 31.5 Å². The molecular formula is C13H8BrCl2N5. The summed E-state index contributed by atoms with van der Waals surface area (Å²) in [7, 11) is 0. The summed E-state index contributed by atoms with van der Waals surface area (Å²) in [6, 6.07) is 10.5. The van der Waals surface area contributed by atoms with Crippen LogP contribution in [-0.4, -0.2) is 20.2 Å². The summed E-state index contributed by atoms with van der Waals surface area (Å²) in [5.41, 5.74) is 7.80. The van der Waals surface area contributed by atoms with Gasteiger partial charge in [0.05, 0.1) is 10.7 Å². The molecule has 5 nitrogen and oxygen atoms in total. The van der Waals surface area contributed by atoms with Gasteiger partial charge in [0, 0.05) is 20.7 Å². The molecule has 0 unspecified atom stereocenters. The van der Waals surface area contributed by atoms with Crippen molar-refractivity contribution >= 4 is 44.8 Å². The molecule has 0 aliphatic heterocycles. The molecule has 2 N–H and O–H groups in total. The zero-order valence-corrected chi connectivity index (χ0v) is 13.6. The lowest BCUT2D eigenvalue weighted by atomic mass is 10.2. The predicted octanol–water partition coefficient (Wildman–Crippen LogP) is 3.98. The molecule has 8 heteroatoms. The van der Waals surface area contributed by atoms with E-state index in [4.69, 9.17) is 28.9 Å². The highest BCUT2D eigenvalue weighted by Gasteiger charge is 2.16. The summed E-state index contributed by atoms with van der Waals surface area (Å²) >= 11 is 15.6. The fourth-order valence-electron chi connectivity index (χ4n) is 1.88. The van der Waals surface area contributed by atoms with Crippen LogP contribution in [0.5, 0.6) is 0 Å². The number of nitrogens with two attached hydrogens (primary N) is 1. The molecule has 0 atom stereocenters. The highest BCUT2D eigenvalue weighted by Crippen LogP contribution is 2.31. The van der Waals surface area contributed by atoms with Gasteiger partial charge in [-0.2, -0.15) is 4.68 Å². The van der Waals surface area contributed by atoms with Crippen LogP contribution in [0.3, 0.4) is 0 Å². The second kappa shape index (κ2) is 5.63. The van der Waals surface area contributed by atoms with Gasteiger partial charge in [-0.1, -0.05) is 23.2 Å². The van der Waals surface area contributed by atoms with Crippen molar-refractivity contribution in [3.63, 3.8) is 0 Å². The van der Waals surface area contributed by atoms with Crippen LogP contribution in [-0.2, 0) is 0 Å². The van der Waals surface area contributed by atoms with E-state index in [-0.39, 0.29) is 0 Å². The Balaban J connectivity index is 2.19. The Morgan fingerprint density at radius 3 is 2.67 bits per heavy atom. The minimum Gasteiger partial charge on any atom is -0.399 e. The van der Waals surface area contributed by atoms with Crippen molar-refractivity contribution in [3.05, 3.63) is 50.9 Å². The van der Waals surface area contributed by atoms with Crippen LogP contribution < -0.4 is 5.73 Å². The number of halogens is 3. The van der Waals surface area contributed by atoms with E-state index in [0.717, 1.165) is 10.2 Å². The standard InChI is InChI=1S/C13H8BrCl2N5/c14-10-5-7(15)1-4-12(10)21-13(18-19-20-21)9-6-8(17)2-3-11(9)16/h1-6H,17H2. The Hall–Kier alpha value is -1.63. The molecule has 0 aliphatic rings. The zero-order chi connectivity index (χ0) is 15.0. The van der Waals surface area contributed by atoms with Gasteiger partial charge < -0.3 is 5.73 Å². The van der Waals surface area contributed by atoms with E-state index in [0.29, 0.717) is 27.1 Å². The Labute approximate surface area is 138 Å². The minimum absolute atomic E-state index is 0.496. The van der Waals surface area contributed by atoms with Crippen LogP contribution in [0.1, 0.15) is 0 Å². The maximum Gasteiger partial charge on any atom is 0.188 e. The molecule has 3 aromatic rings. The molecule has 106 valence electrons. The normalized spacial score (nSPS) is 10.8. The molecule has 0 amide bonds. The predicted molar refractivity (Wildman–Crippen MR) is 86.7 cm³/mol. The van der Waals surface area contributed by atoms with E-state index in [1.165, 1.54) is 0 Å². The molecule has 3 rings (SSSR count). The first-order valence-corrected chi connectivity index (χ1v) is 7.40. The summed E-state index contributed by atoms with van der Waals surface area (Å²) in [4.78, 5) is 0. The monoisotopic (exact) mass is 383 g/mol. The van der Waals surface area contributed by atoms with Crippen molar-refractivity contribution in [2.45, 2.75) is 0 Å². The van der Waals surface area contributed by atoms with E-state index in [1.807, 2.05) is 6.07 Å². The van der Waals surface area contributed by atoms with Crippen molar-refractivity contribution < 1.29 is 0 Å². The van der Waals surface area contributed by atoms with Gasteiger partial charge in [-0.05, 0) is 62.8 Å². The second-order valence-electron chi connectivity index (χ2n) is 4.25. The number of tetrazole rings is 1. The second-order valence-corrected chi connectivity index (χ2v) is 5.95. The van der Waals surface area contributed by atoms with Gasteiger partial charge in [-0.25, -0.2) is 0 Å². The van der Waals surface area contributed by atoms with Crippen LogP contribution in [0.2, 0.25) is 10.0 Å². The average Bonchev–Trinajstić information content (AvgIpc) is 2.90. The Bertz CT molecular complexity index is 818. The molecule has 2 aromatic carbocycles. The number of hydrogen-bond acceptors (Lipinski definition) is 4. The molecule has 1 heterocycles. The lowest BCUT2D eigenvalue weighted by Gasteiger charge is -2.08. The Morgan fingerprint density at radius 2 is 1.90 bits per heavy atom. The molecular weight excluding hydrogens is 377 g/mol. The van der Waals surface area contributed by atoms with Gasteiger partial charge in [0.1, 0.15) is 0 Å². The topological polar surface area (TPSA) is 69.6 Å². The number of aromatic nitrogens is 4. The van der Waals surface area contributed by atoms with Gasteiger partial charge in [-0.3, -0.25) is 0 Å². The molecule has 0 bridgehead atoms. The number of rotatable bonds is 2. The fourth-order valence-corrected chi connectivity index (χ4v) is 2.94. The molecule has 0 saturated heterocycles. The fraction of sp³-hybridized carbons (Fsp3) is 0. The molecule has 0 fully saturated rings. The van der Waals surface area contributed by atoms with Crippen LogP contribution in [0.25, 0.3) is 17.1 Å². The van der Waals surface area contributed by atoms with Gasteiger partial charge >= 0.3 is 0 Å². The van der Waals surface area contributed by atoms with E-state index < -0.39 is 0 Å². The maximum atomic E-state index is 6.21. The smallest absolute Gasteiger partial charge is 0.188 e. The number of anilines is 1. The highest BCUT2D eigenvalue weighted by molar-refractivity contribution is 9.10. The number of nitrogens with zero attached hydrogens (tertiary/aromatic N) is 4. The van der Waals surface area contributed by atoms with Gasteiger partial charge in [0.25, 0.3) is 0 Å². The molecule has 1 aromatic heterocycles. The molecule has 0 saturated carbocycles. The third kappa shape index (κ3) is 2.74. The van der Waals surface area contributed by atoms with E-state index in [1.54, 1.807) is 35.0 Å². The largest absolute Gasteiger partial charge is 0.399 e. The summed E-state index contributed by atoms with van der Waals surface area (Å²) in [6.45, 7) is 0. The number of nitrogen functional groups attached to an aromatic ring is 1. The molecule has 0 radical (unpaired) electrons. The number of hydrogen-bond donors (Lipinski definition) is 1. The third-order valence-corrected chi connectivity index (χ3v) is 4.04. The van der Waals surface area contributed by atoms with Crippen LogP contribution >= 0.6 is 39.1 Å². The van der Waals surface area contributed by atoms with Crippen molar-refractivity contribution in [3.8, 4) is 17.1 Å². The van der Waals surface area contributed by atoms with Crippen LogP contribution in [0, 0.1) is 0 Å². The number of benzene rings is 2. The van der Waals surface area contributed by atoms with Crippen molar-refractivity contribution in [1.29, 1.82) is 0 Å². The Morgan fingerprint density at radius 1 is 1.10 bits per heavy atom. The first-order chi connectivity index (χ1) is 10.1. The van der Waals surface area contributed by atoms with Crippen molar-refractivity contribution in [1.82, 2.24) is 20.2 Å². The van der Waals surface area contributed by atoms with E-state index >= 15 is 0 Å². The summed E-state index contributed by atoms with van der Waals surface area (Å²) in [6.07, 6.45) is 0. The first-order valence-electron chi connectivity index (χ1n) is 5.85. The first kappa shape index (κ1) is 14.3. The summed E-state index contributed by atoms with van der Waals surface area (Å²) in [5, 5.41) is 12.9. The molecule has 0 aliphatic carbocycles. The van der Waals surface area contributed by atoms with Crippen molar-refractivity contribution in [2.75, 3.05) is 5.73 Å². The van der Waals surface area contributed by atoms with Gasteiger partial charge in [0.15, 0.2) is 5.82 Å². The van der Waals surface area contributed by atoms with Gasteiger partial charge in [-0.15, -0.1) is 5.10 Å². The summed E-state index contributed by atoms with van der Waals surface area (Å²) in [5.74, 6) is 0.496. The van der Waals surface area contributed by atoms with E-state index in [9.17, 15) is 0 Å². The minimum atomic E-state index is 0.496. The Kier molecular flexibility index (Phi) is 3.84. The molecule has 21 heavy (non-hydrogen) atoms. The lowest BCUT2D eigenvalue weighted by molar-refractivity contribution is 0.789. The highest BCUT2D eigenvalue weighted by atomic mass is 79.9. The maximum absolute atomic E-state index is 6.21. The average molecular weight is 385 g/mol.